The number of nitrogens with zero attached hydrogens (tertiary/aromatic N) is 1. The largest absolute Gasteiger partial charge is 0.399 e. The van der Waals surface area contributed by atoms with E-state index in [0.29, 0.717) is 23.2 Å². The van der Waals surface area contributed by atoms with Gasteiger partial charge >= 0.3 is 0 Å². The molecule has 0 spiro atoms. The van der Waals surface area contributed by atoms with E-state index < -0.39 is 0 Å². The highest BCUT2D eigenvalue weighted by Gasteiger charge is 2.29. The van der Waals surface area contributed by atoms with Gasteiger partial charge in [0.25, 0.3) is 5.91 Å². The maximum Gasteiger partial charge on any atom is 0.254 e. The molecule has 1 heterocycles. The summed E-state index contributed by atoms with van der Waals surface area (Å²) in [5.74, 6) is 0.689. The molecule has 98 valence electrons. The second-order valence-electron chi connectivity index (χ2n) is 5.49. The van der Waals surface area contributed by atoms with E-state index in [9.17, 15) is 4.79 Å². The first kappa shape index (κ1) is 12.9. The summed E-state index contributed by atoms with van der Waals surface area (Å²) in [5.41, 5.74) is 8.24. The average Bonchev–Trinajstić information content (AvgIpc) is 2.30. The first-order valence-electron chi connectivity index (χ1n) is 6.67. The number of nitrogens with two attached hydrogens (primary N) is 1. The molecular weight excluding hydrogens is 224 g/mol. The smallest absolute Gasteiger partial charge is 0.254 e. The SMILES string of the molecule is Cc1cc(N)cc(C(=O)N2CCCC(C)C2C)c1. The Morgan fingerprint density at radius 2 is 2.06 bits per heavy atom. The third-order valence-electron chi connectivity index (χ3n) is 3.98. The molecule has 3 heteroatoms. The summed E-state index contributed by atoms with van der Waals surface area (Å²) >= 11 is 0. The number of piperidine rings is 1. The van der Waals surface area contributed by atoms with Crippen LogP contribution in [0, 0.1) is 12.8 Å². The maximum absolute atomic E-state index is 12.5. The Morgan fingerprint density at radius 3 is 2.72 bits per heavy atom. The lowest BCUT2D eigenvalue weighted by Crippen LogP contribution is -2.46. The average molecular weight is 246 g/mol. The number of amides is 1. The zero-order chi connectivity index (χ0) is 13.3. The van der Waals surface area contributed by atoms with Gasteiger partial charge in [-0.25, -0.2) is 0 Å². The van der Waals surface area contributed by atoms with Crippen molar-refractivity contribution in [3.8, 4) is 0 Å². The molecule has 1 aliphatic rings. The minimum atomic E-state index is 0.115. The molecule has 0 aliphatic carbocycles. The zero-order valence-electron chi connectivity index (χ0n) is 11.4. The number of benzene rings is 1. The minimum Gasteiger partial charge on any atom is -0.399 e. The van der Waals surface area contributed by atoms with Crippen LogP contribution in [0.4, 0.5) is 5.69 Å². The second kappa shape index (κ2) is 5.01. The van der Waals surface area contributed by atoms with E-state index >= 15 is 0 Å². The quantitative estimate of drug-likeness (QED) is 0.774. The Balaban J connectivity index is 2.24. The third-order valence-corrected chi connectivity index (χ3v) is 3.98. The van der Waals surface area contributed by atoms with Crippen LogP contribution in [0.1, 0.15) is 42.6 Å². The molecule has 0 radical (unpaired) electrons. The first-order valence-corrected chi connectivity index (χ1v) is 6.67. The van der Waals surface area contributed by atoms with E-state index in [1.54, 1.807) is 6.07 Å². The molecule has 1 amide bonds. The molecule has 2 rings (SSSR count). The molecule has 0 saturated carbocycles. The van der Waals surface area contributed by atoms with Gasteiger partial charge in [-0.3, -0.25) is 4.79 Å². The van der Waals surface area contributed by atoms with Crippen molar-refractivity contribution in [2.45, 2.75) is 39.7 Å². The van der Waals surface area contributed by atoms with Crippen molar-refractivity contribution in [3.05, 3.63) is 29.3 Å². The van der Waals surface area contributed by atoms with Crippen molar-refractivity contribution in [2.24, 2.45) is 5.92 Å². The van der Waals surface area contributed by atoms with Crippen LogP contribution in [0.2, 0.25) is 0 Å². The predicted molar refractivity (Wildman–Crippen MR) is 74.5 cm³/mol. The van der Waals surface area contributed by atoms with E-state index in [1.165, 1.54) is 6.42 Å². The summed E-state index contributed by atoms with van der Waals surface area (Å²) in [5, 5.41) is 0. The Labute approximate surface area is 109 Å². The first-order chi connectivity index (χ1) is 8.49. The van der Waals surface area contributed by atoms with E-state index in [0.717, 1.165) is 18.5 Å². The van der Waals surface area contributed by atoms with Gasteiger partial charge in [0.1, 0.15) is 0 Å². The van der Waals surface area contributed by atoms with Crippen LogP contribution in [0.25, 0.3) is 0 Å². The molecule has 2 atom stereocenters. The Kier molecular flexibility index (Phi) is 3.60. The van der Waals surface area contributed by atoms with Gasteiger partial charge in [0.05, 0.1) is 0 Å². The van der Waals surface area contributed by atoms with Gasteiger partial charge < -0.3 is 10.6 Å². The van der Waals surface area contributed by atoms with Crippen molar-refractivity contribution in [2.75, 3.05) is 12.3 Å². The highest BCUT2D eigenvalue weighted by atomic mass is 16.2. The van der Waals surface area contributed by atoms with Crippen molar-refractivity contribution < 1.29 is 4.79 Å². The third kappa shape index (κ3) is 2.50. The van der Waals surface area contributed by atoms with Crippen LogP contribution in [0.5, 0.6) is 0 Å². The highest BCUT2D eigenvalue weighted by Crippen LogP contribution is 2.25. The maximum atomic E-state index is 12.5. The Bertz CT molecular complexity index is 436. The molecular formula is C15H22N2O. The number of nitrogen functional groups attached to an aromatic ring is 1. The molecule has 1 aliphatic heterocycles. The van der Waals surface area contributed by atoms with Crippen molar-refractivity contribution in [1.82, 2.24) is 4.90 Å². The number of carbonyl (C=O) groups excluding carboxylic acids is 1. The van der Waals surface area contributed by atoms with Gasteiger partial charge in [-0.15, -0.1) is 0 Å². The molecule has 1 fully saturated rings. The standard InChI is InChI=1S/C15H22N2O/c1-10-7-13(9-14(16)8-10)15(18)17-6-4-5-11(2)12(17)3/h7-9,11-12H,4-6,16H2,1-3H3. The van der Waals surface area contributed by atoms with Crippen LogP contribution >= 0.6 is 0 Å². The van der Waals surface area contributed by atoms with Gasteiger partial charge in [-0.1, -0.05) is 6.92 Å². The summed E-state index contributed by atoms with van der Waals surface area (Å²) in [6.45, 7) is 7.18. The lowest BCUT2D eigenvalue weighted by Gasteiger charge is -2.38. The molecule has 2 unspecified atom stereocenters. The number of likely N-dealkylation sites (tertiary alicyclic amines) is 1. The molecule has 1 saturated heterocycles. The van der Waals surface area contributed by atoms with E-state index in [1.807, 2.05) is 24.0 Å². The van der Waals surface area contributed by atoms with Crippen molar-refractivity contribution >= 4 is 11.6 Å². The van der Waals surface area contributed by atoms with Gasteiger partial charge in [0.2, 0.25) is 0 Å². The number of carbonyl (C=O) groups is 1. The van der Waals surface area contributed by atoms with Crippen molar-refractivity contribution in [1.29, 1.82) is 0 Å². The van der Waals surface area contributed by atoms with E-state index in [2.05, 4.69) is 13.8 Å². The zero-order valence-corrected chi connectivity index (χ0v) is 11.4. The van der Waals surface area contributed by atoms with Gasteiger partial charge in [0, 0.05) is 23.8 Å². The monoisotopic (exact) mass is 246 g/mol. The molecule has 0 bridgehead atoms. The minimum absolute atomic E-state index is 0.115. The van der Waals surface area contributed by atoms with Gasteiger partial charge in [-0.2, -0.15) is 0 Å². The van der Waals surface area contributed by atoms with Crippen LogP contribution < -0.4 is 5.73 Å². The molecule has 2 N–H and O–H groups in total. The number of rotatable bonds is 1. The molecule has 0 aromatic heterocycles. The van der Waals surface area contributed by atoms with E-state index in [4.69, 9.17) is 5.73 Å². The van der Waals surface area contributed by atoms with E-state index in [-0.39, 0.29) is 5.91 Å². The summed E-state index contributed by atoms with van der Waals surface area (Å²) in [6.07, 6.45) is 2.31. The fraction of sp³-hybridized carbons (Fsp3) is 0.533. The fourth-order valence-corrected chi connectivity index (χ4v) is 2.72. The van der Waals surface area contributed by atoms with Crippen LogP contribution in [-0.4, -0.2) is 23.4 Å². The topological polar surface area (TPSA) is 46.3 Å². The molecule has 1 aromatic carbocycles. The van der Waals surface area contributed by atoms with Crippen LogP contribution in [-0.2, 0) is 0 Å². The number of aryl methyl sites for hydroxylation is 1. The number of hydrogen-bond donors (Lipinski definition) is 1. The van der Waals surface area contributed by atoms with Crippen LogP contribution in [0.3, 0.4) is 0 Å². The number of anilines is 1. The lowest BCUT2D eigenvalue weighted by atomic mass is 9.91. The number of hydrogen-bond acceptors (Lipinski definition) is 2. The van der Waals surface area contributed by atoms with Gasteiger partial charge in [0.15, 0.2) is 0 Å². The second-order valence-corrected chi connectivity index (χ2v) is 5.49. The predicted octanol–water partition coefficient (Wildman–Crippen LogP) is 2.84. The molecule has 1 aromatic rings. The Morgan fingerprint density at radius 1 is 1.33 bits per heavy atom. The summed E-state index contributed by atoms with van der Waals surface area (Å²) in [7, 11) is 0. The van der Waals surface area contributed by atoms with Crippen LogP contribution in [0.15, 0.2) is 18.2 Å². The lowest BCUT2D eigenvalue weighted by molar-refractivity contribution is 0.0551. The summed E-state index contributed by atoms with van der Waals surface area (Å²) in [6, 6.07) is 5.90. The molecule has 3 nitrogen and oxygen atoms in total. The fourth-order valence-electron chi connectivity index (χ4n) is 2.72. The Hall–Kier alpha value is -1.51. The summed E-state index contributed by atoms with van der Waals surface area (Å²) in [4.78, 5) is 14.5. The summed E-state index contributed by atoms with van der Waals surface area (Å²) < 4.78 is 0. The van der Waals surface area contributed by atoms with Crippen molar-refractivity contribution in [3.63, 3.8) is 0 Å². The molecule has 18 heavy (non-hydrogen) atoms. The van der Waals surface area contributed by atoms with Gasteiger partial charge in [-0.05, 0) is 56.4 Å². The highest BCUT2D eigenvalue weighted by molar-refractivity contribution is 5.95. The normalized spacial score (nSPS) is 24.1.